The van der Waals surface area contributed by atoms with Gasteiger partial charge in [-0.05, 0) is 19.4 Å². The van der Waals surface area contributed by atoms with Crippen LogP contribution in [-0.2, 0) is 9.59 Å². The van der Waals surface area contributed by atoms with Crippen LogP contribution in [0.1, 0.15) is 26.2 Å². The molecule has 2 aliphatic rings. The third kappa shape index (κ3) is 2.44. The highest BCUT2D eigenvalue weighted by Crippen LogP contribution is 2.33. The number of hydrogen-bond donors (Lipinski definition) is 2. The maximum atomic E-state index is 12.6. The minimum atomic E-state index is -0.258. The van der Waals surface area contributed by atoms with Gasteiger partial charge in [-0.15, -0.1) is 0 Å². The van der Waals surface area contributed by atoms with Gasteiger partial charge in [0, 0.05) is 19.6 Å². The summed E-state index contributed by atoms with van der Waals surface area (Å²) in [6.45, 7) is 5.24. The van der Waals surface area contributed by atoms with Crippen LogP contribution in [0.2, 0.25) is 0 Å². The van der Waals surface area contributed by atoms with E-state index >= 15 is 0 Å². The Hall–Kier alpha value is -1.10. The Morgan fingerprint density at radius 2 is 2.29 bits per heavy atom. The van der Waals surface area contributed by atoms with Gasteiger partial charge in [0.15, 0.2) is 0 Å². The number of carbonyl (C=O) groups excluding carboxylic acids is 2. The molecule has 0 bridgehead atoms. The first-order chi connectivity index (χ1) is 8.18. The summed E-state index contributed by atoms with van der Waals surface area (Å²) in [5, 5.41) is 6.03. The molecule has 2 amide bonds. The standard InChI is InChI=1S/C12H21N3O2/c1-2-3-12(4-5-13-9-12)11(17)15-7-6-14-10(16)8-15/h13H,2-9H2,1H3,(H,14,16). The molecule has 17 heavy (non-hydrogen) atoms. The smallest absolute Gasteiger partial charge is 0.239 e. The van der Waals surface area contributed by atoms with Crippen molar-refractivity contribution in [2.75, 3.05) is 32.7 Å². The van der Waals surface area contributed by atoms with E-state index in [0.29, 0.717) is 13.1 Å². The van der Waals surface area contributed by atoms with Crippen molar-refractivity contribution in [2.24, 2.45) is 5.41 Å². The second-order valence-electron chi connectivity index (χ2n) is 5.03. The van der Waals surface area contributed by atoms with Gasteiger partial charge in [-0.25, -0.2) is 0 Å². The van der Waals surface area contributed by atoms with Gasteiger partial charge in [0.1, 0.15) is 0 Å². The Bertz CT molecular complexity index is 311. The van der Waals surface area contributed by atoms with E-state index in [4.69, 9.17) is 0 Å². The highest BCUT2D eigenvalue weighted by molar-refractivity contribution is 5.89. The second-order valence-corrected chi connectivity index (χ2v) is 5.03. The topological polar surface area (TPSA) is 61.4 Å². The summed E-state index contributed by atoms with van der Waals surface area (Å²) in [4.78, 5) is 25.6. The lowest BCUT2D eigenvalue weighted by molar-refractivity contribution is -0.146. The summed E-state index contributed by atoms with van der Waals surface area (Å²) in [6.07, 6.45) is 2.82. The van der Waals surface area contributed by atoms with Crippen LogP contribution in [0, 0.1) is 5.41 Å². The molecule has 1 atom stereocenters. The van der Waals surface area contributed by atoms with Crippen molar-refractivity contribution in [1.82, 2.24) is 15.5 Å². The van der Waals surface area contributed by atoms with Gasteiger partial charge in [-0.1, -0.05) is 13.3 Å². The molecule has 0 spiro atoms. The maximum absolute atomic E-state index is 12.6. The third-order valence-electron chi connectivity index (χ3n) is 3.75. The molecule has 5 heteroatoms. The Labute approximate surface area is 102 Å². The first-order valence-electron chi connectivity index (χ1n) is 6.45. The molecule has 0 radical (unpaired) electrons. The van der Waals surface area contributed by atoms with Gasteiger partial charge in [-0.3, -0.25) is 9.59 Å². The summed E-state index contributed by atoms with van der Waals surface area (Å²) in [7, 11) is 0. The van der Waals surface area contributed by atoms with Crippen molar-refractivity contribution in [3.8, 4) is 0 Å². The van der Waals surface area contributed by atoms with E-state index in [2.05, 4.69) is 17.6 Å². The van der Waals surface area contributed by atoms with Gasteiger partial charge in [0.2, 0.25) is 11.8 Å². The maximum Gasteiger partial charge on any atom is 0.239 e. The lowest BCUT2D eigenvalue weighted by atomic mass is 9.81. The SMILES string of the molecule is CCCC1(C(=O)N2CCNC(=O)C2)CCNC1. The van der Waals surface area contributed by atoms with Crippen LogP contribution >= 0.6 is 0 Å². The van der Waals surface area contributed by atoms with Crippen LogP contribution in [0.4, 0.5) is 0 Å². The Morgan fingerprint density at radius 1 is 1.47 bits per heavy atom. The minimum absolute atomic E-state index is 0.0396. The average Bonchev–Trinajstić information content (AvgIpc) is 2.78. The van der Waals surface area contributed by atoms with Gasteiger partial charge in [0.05, 0.1) is 12.0 Å². The quantitative estimate of drug-likeness (QED) is 0.712. The lowest BCUT2D eigenvalue weighted by Crippen LogP contribution is -2.54. The van der Waals surface area contributed by atoms with E-state index in [1.807, 2.05) is 0 Å². The molecular formula is C12H21N3O2. The van der Waals surface area contributed by atoms with Gasteiger partial charge >= 0.3 is 0 Å². The molecular weight excluding hydrogens is 218 g/mol. The highest BCUT2D eigenvalue weighted by atomic mass is 16.2. The summed E-state index contributed by atoms with van der Waals surface area (Å²) in [5.41, 5.74) is -0.258. The first kappa shape index (κ1) is 12.4. The molecule has 2 N–H and O–H groups in total. The van der Waals surface area contributed by atoms with Gasteiger partial charge in [0.25, 0.3) is 0 Å². The molecule has 2 saturated heterocycles. The second kappa shape index (κ2) is 5.04. The molecule has 2 rings (SSSR count). The minimum Gasteiger partial charge on any atom is -0.353 e. The number of hydrogen-bond acceptors (Lipinski definition) is 3. The van der Waals surface area contributed by atoms with Crippen LogP contribution < -0.4 is 10.6 Å². The monoisotopic (exact) mass is 239 g/mol. The molecule has 5 nitrogen and oxygen atoms in total. The van der Waals surface area contributed by atoms with Crippen LogP contribution in [0.15, 0.2) is 0 Å². The van der Waals surface area contributed by atoms with E-state index in [1.54, 1.807) is 4.90 Å². The summed E-state index contributed by atoms with van der Waals surface area (Å²) >= 11 is 0. The van der Waals surface area contributed by atoms with E-state index in [9.17, 15) is 9.59 Å². The van der Waals surface area contributed by atoms with Crippen molar-refractivity contribution in [1.29, 1.82) is 0 Å². The Kier molecular flexibility index (Phi) is 3.66. The van der Waals surface area contributed by atoms with E-state index in [1.165, 1.54) is 0 Å². The molecule has 1 unspecified atom stereocenters. The van der Waals surface area contributed by atoms with Crippen LogP contribution in [-0.4, -0.2) is 49.4 Å². The fraction of sp³-hybridized carbons (Fsp3) is 0.833. The normalized spacial score (nSPS) is 29.2. The molecule has 0 aromatic rings. The third-order valence-corrected chi connectivity index (χ3v) is 3.75. The molecule has 0 aliphatic carbocycles. The molecule has 0 saturated carbocycles. The molecule has 2 heterocycles. The first-order valence-corrected chi connectivity index (χ1v) is 6.45. The predicted molar refractivity (Wildman–Crippen MR) is 64.4 cm³/mol. The Balaban J connectivity index is 2.07. The van der Waals surface area contributed by atoms with Crippen molar-refractivity contribution in [3.63, 3.8) is 0 Å². The predicted octanol–water partition coefficient (Wildman–Crippen LogP) is -0.275. The van der Waals surface area contributed by atoms with Crippen molar-refractivity contribution in [3.05, 3.63) is 0 Å². The zero-order valence-corrected chi connectivity index (χ0v) is 10.4. The van der Waals surface area contributed by atoms with Gasteiger partial charge < -0.3 is 15.5 Å². The fourth-order valence-electron chi connectivity index (χ4n) is 2.87. The van der Waals surface area contributed by atoms with Crippen LogP contribution in [0.5, 0.6) is 0 Å². The van der Waals surface area contributed by atoms with E-state index in [-0.39, 0.29) is 23.8 Å². The fourth-order valence-corrected chi connectivity index (χ4v) is 2.87. The number of amides is 2. The van der Waals surface area contributed by atoms with Crippen molar-refractivity contribution in [2.45, 2.75) is 26.2 Å². The molecule has 2 fully saturated rings. The van der Waals surface area contributed by atoms with Crippen LogP contribution in [0.3, 0.4) is 0 Å². The number of carbonyl (C=O) groups is 2. The molecule has 96 valence electrons. The number of rotatable bonds is 3. The van der Waals surface area contributed by atoms with Crippen LogP contribution in [0.25, 0.3) is 0 Å². The highest BCUT2D eigenvalue weighted by Gasteiger charge is 2.43. The number of nitrogens with zero attached hydrogens (tertiary/aromatic N) is 1. The zero-order chi connectivity index (χ0) is 12.3. The lowest BCUT2D eigenvalue weighted by Gasteiger charge is -2.35. The van der Waals surface area contributed by atoms with E-state index in [0.717, 1.165) is 32.4 Å². The Morgan fingerprint density at radius 3 is 2.88 bits per heavy atom. The van der Waals surface area contributed by atoms with Crippen molar-refractivity contribution < 1.29 is 9.59 Å². The molecule has 0 aromatic heterocycles. The summed E-state index contributed by atoms with van der Waals surface area (Å²) < 4.78 is 0. The number of nitrogens with one attached hydrogen (secondary N) is 2. The molecule has 2 aliphatic heterocycles. The average molecular weight is 239 g/mol. The summed E-state index contributed by atoms with van der Waals surface area (Å²) in [5.74, 6) is 0.126. The molecule has 0 aromatic carbocycles. The van der Waals surface area contributed by atoms with E-state index < -0.39 is 0 Å². The number of piperazine rings is 1. The largest absolute Gasteiger partial charge is 0.353 e. The van der Waals surface area contributed by atoms with Gasteiger partial charge in [-0.2, -0.15) is 0 Å². The van der Waals surface area contributed by atoms with Crippen molar-refractivity contribution >= 4 is 11.8 Å². The summed E-state index contributed by atoms with van der Waals surface area (Å²) in [6, 6.07) is 0. The zero-order valence-electron chi connectivity index (χ0n) is 10.4.